The number of halogens is 1. The van der Waals surface area contributed by atoms with Crippen LogP contribution in [0.2, 0.25) is 0 Å². The monoisotopic (exact) mass is 385 g/mol. The van der Waals surface area contributed by atoms with Crippen molar-refractivity contribution in [3.63, 3.8) is 0 Å². The second kappa shape index (κ2) is 8.55. The lowest BCUT2D eigenvalue weighted by Gasteiger charge is -2.20. The van der Waals surface area contributed by atoms with E-state index in [-0.39, 0.29) is 5.91 Å². The van der Waals surface area contributed by atoms with Crippen LogP contribution >= 0.6 is 27.7 Å². The largest absolute Gasteiger partial charge is 0.380 e. The number of hydrogen-bond donors (Lipinski definition) is 1. The number of ether oxygens (including phenoxy) is 1. The zero-order valence-electron chi connectivity index (χ0n) is 12.6. The summed E-state index contributed by atoms with van der Waals surface area (Å²) in [5.41, 5.74) is 2.17. The van der Waals surface area contributed by atoms with E-state index in [2.05, 4.69) is 32.8 Å². The zero-order chi connectivity index (χ0) is 15.9. The Hall–Kier alpha value is -1.05. The van der Waals surface area contributed by atoms with Gasteiger partial charge in [-0.3, -0.25) is 9.78 Å². The molecule has 7 heteroatoms. The molecule has 0 spiro atoms. The lowest BCUT2D eigenvalue weighted by molar-refractivity contribution is 0.0735. The summed E-state index contributed by atoms with van der Waals surface area (Å²) >= 11 is 5.05. The van der Waals surface area contributed by atoms with E-state index in [4.69, 9.17) is 4.74 Å². The van der Waals surface area contributed by atoms with Crippen LogP contribution in [0.4, 0.5) is 5.69 Å². The van der Waals surface area contributed by atoms with Gasteiger partial charge in [0.15, 0.2) is 0 Å². The Morgan fingerprint density at radius 2 is 2.36 bits per heavy atom. The number of hydrogen-bond acceptors (Lipinski definition) is 5. The van der Waals surface area contributed by atoms with E-state index in [1.807, 2.05) is 6.26 Å². The summed E-state index contributed by atoms with van der Waals surface area (Å²) in [6.07, 6.45) is 4.56. The molecule has 0 aromatic carbocycles. The van der Waals surface area contributed by atoms with E-state index in [0.29, 0.717) is 32.0 Å². The van der Waals surface area contributed by atoms with Crippen molar-refractivity contribution in [2.75, 3.05) is 43.8 Å². The van der Waals surface area contributed by atoms with Crippen molar-refractivity contribution in [2.24, 2.45) is 0 Å². The number of amides is 1. The minimum atomic E-state index is -0.0514. The molecule has 1 saturated heterocycles. The molecule has 0 saturated carbocycles. The number of thioether (sulfide) groups is 1. The molecule has 120 valence electrons. The smallest absolute Gasteiger partial charge is 0.272 e. The third-order valence-electron chi connectivity index (χ3n) is 3.33. The second-order valence-corrected chi connectivity index (χ2v) is 6.71. The van der Waals surface area contributed by atoms with Crippen molar-refractivity contribution in [3.8, 4) is 0 Å². The molecule has 1 fully saturated rings. The Morgan fingerprint density at radius 1 is 1.55 bits per heavy atom. The van der Waals surface area contributed by atoms with Gasteiger partial charge in [0, 0.05) is 41.6 Å². The summed E-state index contributed by atoms with van der Waals surface area (Å²) in [4.78, 5) is 18.7. The van der Waals surface area contributed by atoms with Crippen LogP contribution in [-0.2, 0) is 4.74 Å². The number of rotatable bonds is 5. The van der Waals surface area contributed by atoms with E-state index in [9.17, 15) is 4.79 Å². The van der Waals surface area contributed by atoms with Crippen molar-refractivity contribution in [2.45, 2.75) is 6.42 Å². The summed E-state index contributed by atoms with van der Waals surface area (Å²) in [6.45, 7) is 6.50. The van der Waals surface area contributed by atoms with E-state index in [0.717, 1.165) is 28.0 Å². The number of aromatic nitrogens is 1. The van der Waals surface area contributed by atoms with Gasteiger partial charge in [0.2, 0.25) is 0 Å². The van der Waals surface area contributed by atoms with Gasteiger partial charge in [-0.15, -0.1) is 11.8 Å². The predicted octanol–water partition coefficient (Wildman–Crippen LogP) is 3.04. The van der Waals surface area contributed by atoms with E-state index in [1.165, 1.54) is 0 Å². The van der Waals surface area contributed by atoms with Crippen molar-refractivity contribution in [1.82, 2.24) is 9.88 Å². The fraction of sp³-hybridized carbons (Fsp3) is 0.467. The topological polar surface area (TPSA) is 54.5 Å². The molecular weight excluding hydrogens is 366 g/mol. The fourth-order valence-corrected chi connectivity index (χ4v) is 2.81. The molecule has 1 aliphatic heterocycles. The van der Waals surface area contributed by atoms with Crippen LogP contribution in [0.15, 0.2) is 18.8 Å². The van der Waals surface area contributed by atoms with Gasteiger partial charge in [0.05, 0.1) is 12.5 Å². The zero-order valence-corrected chi connectivity index (χ0v) is 15.0. The van der Waals surface area contributed by atoms with Crippen LogP contribution in [-0.4, -0.2) is 54.2 Å². The highest BCUT2D eigenvalue weighted by atomic mass is 79.9. The van der Waals surface area contributed by atoms with E-state index >= 15 is 0 Å². The molecule has 1 aromatic heterocycles. The minimum Gasteiger partial charge on any atom is -0.380 e. The molecular formula is C15H20BrN3O2S. The van der Waals surface area contributed by atoms with Gasteiger partial charge in [-0.2, -0.15) is 0 Å². The quantitative estimate of drug-likeness (QED) is 0.789. The summed E-state index contributed by atoms with van der Waals surface area (Å²) in [7, 11) is 0. The fourth-order valence-electron chi connectivity index (χ4n) is 2.20. The average molecular weight is 386 g/mol. The molecule has 5 nitrogen and oxygen atoms in total. The molecule has 1 aromatic rings. The van der Waals surface area contributed by atoms with Crippen LogP contribution in [0, 0.1) is 0 Å². The maximum absolute atomic E-state index is 12.6. The van der Waals surface area contributed by atoms with Crippen LogP contribution in [0.1, 0.15) is 22.5 Å². The molecule has 0 aliphatic carbocycles. The van der Waals surface area contributed by atoms with E-state index in [1.54, 1.807) is 28.9 Å². The lowest BCUT2D eigenvalue weighted by atomic mass is 10.2. The third-order valence-corrected chi connectivity index (χ3v) is 4.19. The van der Waals surface area contributed by atoms with Crippen LogP contribution in [0.25, 0.3) is 4.48 Å². The second-order valence-electron chi connectivity index (χ2n) is 4.89. The Labute approximate surface area is 143 Å². The van der Waals surface area contributed by atoms with Crippen LogP contribution in [0.3, 0.4) is 0 Å². The summed E-state index contributed by atoms with van der Waals surface area (Å²) in [5.74, 6) is 0.701. The van der Waals surface area contributed by atoms with Crippen molar-refractivity contribution >= 4 is 43.8 Å². The molecule has 2 rings (SSSR count). The van der Waals surface area contributed by atoms with E-state index < -0.39 is 0 Å². The van der Waals surface area contributed by atoms with Crippen molar-refractivity contribution < 1.29 is 9.53 Å². The summed E-state index contributed by atoms with van der Waals surface area (Å²) in [5, 5.41) is 3.29. The predicted molar refractivity (Wildman–Crippen MR) is 95.5 cm³/mol. The van der Waals surface area contributed by atoms with Gasteiger partial charge in [-0.1, -0.05) is 22.5 Å². The Bertz CT molecular complexity index is 546. The van der Waals surface area contributed by atoms with Gasteiger partial charge in [-0.25, -0.2) is 0 Å². The summed E-state index contributed by atoms with van der Waals surface area (Å²) < 4.78 is 6.13. The van der Waals surface area contributed by atoms with Crippen LogP contribution in [0.5, 0.6) is 0 Å². The molecule has 0 atom stereocenters. The first-order chi connectivity index (χ1) is 10.6. The first-order valence-corrected chi connectivity index (χ1v) is 9.27. The van der Waals surface area contributed by atoms with Gasteiger partial charge >= 0.3 is 0 Å². The maximum atomic E-state index is 12.6. The first-order valence-electron chi connectivity index (χ1n) is 7.08. The number of carbonyl (C=O) groups is 1. The molecule has 0 bridgehead atoms. The molecule has 1 N–H and O–H groups in total. The normalized spacial score (nSPS) is 15.3. The highest BCUT2D eigenvalue weighted by Crippen LogP contribution is 2.27. The highest BCUT2D eigenvalue weighted by Gasteiger charge is 2.20. The molecule has 0 unspecified atom stereocenters. The highest BCUT2D eigenvalue weighted by molar-refractivity contribution is 9.15. The van der Waals surface area contributed by atoms with Gasteiger partial charge in [0.1, 0.15) is 5.69 Å². The molecule has 2 heterocycles. The molecule has 1 aliphatic rings. The molecule has 1 amide bonds. The van der Waals surface area contributed by atoms with Gasteiger partial charge < -0.3 is 15.0 Å². The number of nitrogens with zero attached hydrogens (tertiary/aromatic N) is 2. The van der Waals surface area contributed by atoms with Gasteiger partial charge in [-0.05, 0) is 18.7 Å². The standard InChI is InChI=1S/C15H20BrN3O2S/c1-11(16)12-9-17-14(8-13(12)18-10-22-2)15(20)19-4-3-6-21-7-5-19/h8-9H,1,3-7,10H2,2H3,(H,17,18). The van der Waals surface area contributed by atoms with Gasteiger partial charge in [0.25, 0.3) is 5.91 Å². The minimum absolute atomic E-state index is 0.0514. The Morgan fingerprint density at radius 3 is 3.09 bits per heavy atom. The number of carbonyl (C=O) groups excluding carboxylic acids is 1. The maximum Gasteiger partial charge on any atom is 0.272 e. The first kappa shape index (κ1) is 17.3. The Balaban J connectivity index is 2.22. The third kappa shape index (κ3) is 4.47. The molecule has 0 radical (unpaired) electrons. The SMILES string of the molecule is C=C(Br)c1cnc(C(=O)N2CCCOCC2)cc1NCSC. The lowest BCUT2D eigenvalue weighted by Crippen LogP contribution is -2.33. The van der Waals surface area contributed by atoms with Crippen LogP contribution < -0.4 is 5.32 Å². The molecule has 22 heavy (non-hydrogen) atoms. The number of pyridine rings is 1. The van der Waals surface area contributed by atoms with Crippen molar-refractivity contribution in [3.05, 3.63) is 30.1 Å². The Kier molecular flexibility index (Phi) is 6.72. The average Bonchev–Trinajstić information content (AvgIpc) is 2.81. The number of nitrogens with one attached hydrogen (secondary N) is 1. The number of anilines is 1. The summed E-state index contributed by atoms with van der Waals surface area (Å²) in [6, 6.07) is 1.80. The van der Waals surface area contributed by atoms with Crippen molar-refractivity contribution in [1.29, 1.82) is 0 Å².